The van der Waals surface area contributed by atoms with Crippen molar-refractivity contribution in [2.45, 2.75) is 89.5 Å². The van der Waals surface area contributed by atoms with Crippen molar-refractivity contribution in [1.29, 1.82) is 0 Å². The number of amides is 4. The van der Waals surface area contributed by atoms with Crippen molar-refractivity contribution >= 4 is 71.0 Å². The summed E-state index contributed by atoms with van der Waals surface area (Å²) in [5.74, 6) is 0.465. The molecule has 4 amide bonds. The lowest BCUT2D eigenvalue weighted by atomic mass is 9.65. The number of pyridine rings is 2. The van der Waals surface area contributed by atoms with E-state index in [2.05, 4.69) is 20.6 Å². The van der Waals surface area contributed by atoms with Gasteiger partial charge in [0.05, 0.1) is 16.1 Å². The largest absolute Gasteiger partial charge is 0.383 e. The maximum absolute atomic E-state index is 12.0. The van der Waals surface area contributed by atoms with Crippen LogP contribution in [0.1, 0.15) is 106 Å². The van der Waals surface area contributed by atoms with Gasteiger partial charge in [0.15, 0.2) is 0 Å². The Labute approximate surface area is 368 Å². The number of hydrogen-bond acceptors (Lipinski definition) is 9. The van der Waals surface area contributed by atoms with Crippen molar-refractivity contribution in [3.05, 3.63) is 75.1 Å². The molecule has 1 aromatic carbocycles. The zero-order valence-electron chi connectivity index (χ0n) is 34.6. The summed E-state index contributed by atoms with van der Waals surface area (Å²) < 4.78 is 0. The molecule has 4 aliphatic rings. The van der Waals surface area contributed by atoms with Crippen LogP contribution in [0.25, 0.3) is 11.1 Å². The predicted octanol–water partition coefficient (Wildman–Crippen LogP) is 7.28. The molecule has 4 fully saturated rings. The summed E-state index contributed by atoms with van der Waals surface area (Å²) >= 11 is 18.2. The number of nitrogens with one attached hydrogen (secondary N) is 2. The summed E-state index contributed by atoms with van der Waals surface area (Å²) in [6, 6.07) is 10.6. The molecule has 2 saturated heterocycles. The van der Waals surface area contributed by atoms with Gasteiger partial charge in [-0.1, -0.05) is 60.1 Å². The third-order valence-electron chi connectivity index (χ3n) is 12.0. The minimum absolute atomic E-state index is 0.0923. The first kappa shape index (κ1) is 48.4. The number of carbonyl (C=O) groups is 5. The average Bonchev–Trinajstić information content (AvgIpc) is 3.60. The van der Waals surface area contributed by atoms with Gasteiger partial charge in [-0.2, -0.15) is 0 Å². The zero-order valence-corrected chi connectivity index (χ0v) is 36.9. The van der Waals surface area contributed by atoms with Crippen LogP contribution in [0.15, 0.2) is 48.8 Å². The molecule has 60 heavy (non-hydrogen) atoms. The Bertz CT molecular complexity index is 1880. The van der Waals surface area contributed by atoms with E-state index in [4.69, 9.17) is 46.3 Å². The van der Waals surface area contributed by atoms with E-state index in [-0.39, 0.29) is 41.2 Å². The molecule has 7 rings (SSSR count). The molecule has 1 atom stereocenters. The molecular weight excluding hydrogens is 827 g/mol. The van der Waals surface area contributed by atoms with Crippen LogP contribution >= 0.6 is 34.8 Å². The van der Waals surface area contributed by atoms with Crippen molar-refractivity contribution in [2.24, 2.45) is 23.0 Å². The number of halogens is 3. The highest BCUT2D eigenvalue weighted by atomic mass is 35.5. The number of rotatable bonds is 9. The van der Waals surface area contributed by atoms with Crippen molar-refractivity contribution in [3.8, 4) is 11.1 Å². The number of anilines is 1. The first-order valence-electron chi connectivity index (χ1n) is 20.7. The Morgan fingerprint density at radius 3 is 2.17 bits per heavy atom. The van der Waals surface area contributed by atoms with E-state index in [1.54, 1.807) is 42.4 Å². The van der Waals surface area contributed by atoms with E-state index in [0.29, 0.717) is 57.0 Å². The van der Waals surface area contributed by atoms with Crippen LogP contribution < -0.4 is 22.1 Å². The lowest BCUT2D eigenvalue weighted by Crippen LogP contribution is -2.42. The number of primary amides is 1. The van der Waals surface area contributed by atoms with Gasteiger partial charge in [-0.05, 0) is 106 Å². The smallest absolute Gasteiger partial charge is 0.270 e. The van der Waals surface area contributed by atoms with Gasteiger partial charge < -0.3 is 36.7 Å². The molecule has 13 nitrogen and oxygen atoms in total. The highest BCUT2D eigenvalue weighted by Gasteiger charge is 2.39. The number of benzene rings is 1. The fourth-order valence-electron chi connectivity index (χ4n) is 8.13. The number of carbonyl (C=O) groups excluding carboxylic acids is 5. The SMILES string of the molecule is CN1C(=O)CCC1c1cccnc1.CNCCNC(=O)c1ccc(-c2cc(Cl)cc(Cl)c2Cl)c(N)n1.NC(=O)C1CCC2(CC1)CCN(C=O)CC2.O=CC1CCCCC1. The summed E-state index contributed by atoms with van der Waals surface area (Å²) in [5, 5.41) is 6.75. The number of hydrogen-bond donors (Lipinski definition) is 4. The van der Waals surface area contributed by atoms with Crippen LogP contribution in [0.3, 0.4) is 0 Å². The molecule has 2 saturated carbocycles. The van der Waals surface area contributed by atoms with Gasteiger partial charge in [-0.25, -0.2) is 4.98 Å². The summed E-state index contributed by atoms with van der Waals surface area (Å²) in [5.41, 5.74) is 14.2. The molecule has 4 heterocycles. The summed E-state index contributed by atoms with van der Waals surface area (Å²) in [6.45, 7) is 2.92. The molecular formula is C44H59Cl3N8O5. The van der Waals surface area contributed by atoms with Crippen LogP contribution in [-0.2, 0) is 19.2 Å². The fraction of sp³-hybridized carbons (Fsp3) is 0.523. The summed E-state index contributed by atoms with van der Waals surface area (Å²) in [4.78, 5) is 67.0. The molecule has 0 radical (unpaired) electrons. The van der Waals surface area contributed by atoms with Crippen molar-refractivity contribution in [3.63, 3.8) is 0 Å². The number of nitrogens with two attached hydrogens (primary N) is 2. The Hall–Kier alpha value is -4.30. The number of likely N-dealkylation sites (tertiary alicyclic amines) is 2. The van der Waals surface area contributed by atoms with E-state index in [1.165, 1.54) is 19.3 Å². The number of nitrogen functional groups attached to an aromatic ring is 1. The lowest BCUT2D eigenvalue weighted by Gasteiger charge is -2.44. The molecule has 16 heteroatoms. The highest BCUT2D eigenvalue weighted by molar-refractivity contribution is 6.45. The Morgan fingerprint density at radius 2 is 1.63 bits per heavy atom. The molecule has 326 valence electrons. The van der Waals surface area contributed by atoms with E-state index < -0.39 is 0 Å². The van der Waals surface area contributed by atoms with E-state index in [9.17, 15) is 24.0 Å². The normalized spacial score (nSPS) is 18.8. The Balaban J connectivity index is 0.000000187. The minimum atomic E-state index is -0.297. The topological polar surface area (TPSA) is 194 Å². The predicted molar refractivity (Wildman–Crippen MR) is 237 cm³/mol. The number of aldehydes is 1. The summed E-state index contributed by atoms with van der Waals surface area (Å²) in [6.07, 6.45) is 19.7. The highest BCUT2D eigenvalue weighted by Crippen LogP contribution is 2.46. The second-order valence-corrected chi connectivity index (χ2v) is 17.2. The van der Waals surface area contributed by atoms with Crippen molar-refractivity contribution < 1.29 is 24.0 Å². The average molecular weight is 886 g/mol. The molecule has 1 unspecified atom stereocenters. The standard InChI is InChI=1S/C15H15Cl3N4O.C12H20N2O2.C10H12N2O.C7H12O/c1-20-4-5-21-15(23)12-3-2-9(14(19)22-12)10-6-8(16)7-11(17)13(10)18;13-11(16)10-1-3-12(4-2-10)5-7-14(9-15)8-6-12;1-12-9(4-5-10(12)13)8-3-2-6-11-7-8;8-6-7-4-2-1-3-5-7/h2-3,6-7,20H,4-5H2,1H3,(H2,19,22)(H,21,23);9-10H,1-8H2,(H2,13,16);2-3,6-7,9H,4-5H2,1H3;6-7H,1-5H2. The first-order chi connectivity index (χ1) is 28.8. The van der Waals surface area contributed by atoms with Crippen LogP contribution in [0.2, 0.25) is 15.1 Å². The molecule has 3 aromatic rings. The summed E-state index contributed by atoms with van der Waals surface area (Å²) in [7, 11) is 3.66. The third-order valence-corrected chi connectivity index (χ3v) is 13.0. The van der Waals surface area contributed by atoms with Gasteiger partial charge in [0.2, 0.25) is 18.2 Å². The monoisotopic (exact) mass is 884 g/mol. The second kappa shape index (κ2) is 24.2. The van der Waals surface area contributed by atoms with Gasteiger partial charge in [0.25, 0.3) is 5.91 Å². The van der Waals surface area contributed by atoms with Crippen LogP contribution in [0, 0.1) is 17.3 Å². The maximum atomic E-state index is 12.0. The first-order valence-corrected chi connectivity index (χ1v) is 21.9. The van der Waals surface area contributed by atoms with E-state index >= 15 is 0 Å². The zero-order chi connectivity index (χ0) is 43.7. The molecule has 2 aromatic heterocycles. The molecule has 2 aliphatic heterocycles. The van der Waals surface area contributed by atoms with Crippen molar-refractivity contribution in [2.75, 3.05) is 46.0 Å². The quantitative estimate of drug-likeness (QED) is 0.0971. The molecule has 0 bridgehead atoms. The molecule has 1 spiro atoms. The minimum Gasteiger partial charge on any atom is -0.383 e. The van der Waals surface area contributed by atoms with Gasteiger partial charge >= 0.3 is 0 Å². The third kappa shape index (κ3) is 14.1. The van der Waals surface area contributed by atoms with Gasteiger partial charge in [-0.15, -0.1) is 0 Å². The Morgan fingerprint density at radius 1 is 0.933 bits per heavy atom. The number of aromatic nitrogens is 2. The van der Waals surface area contributed by atoms with E-state index in [1.807, 2.05) is 30.3 Å². The maximum Gasteiger partial charge on any atom is 0.270 e. The van der Waals surface area contributed by atoms with E-state index in [0.717, 1.165) is 89.1 Å². The lowest BCUT2D eigenvalue weighted by molar-refractivity contribution is -0.128. The Kier molecular flexibility index (Phi) is 19.5. The van der Waals surface area contributed by atoms with Gasteiger partial charge in [-0.3, -0.25) is 24.2 Å². The number of nitrogens with zero attached hydrogens (tertiary/aromatic N) is 4. The molecule has 2 aliphatic carbocycles. The van der Waals surface area contributed by atoms with Crippen molar-refractivity contribution in [1.82, 2.24) is 30.4 Å². The second-order valence-electron chi connectivity index (χ2n) is 15.9. The molecule has 6 N–H and O–H groups in total. The number of piperidine rings is 1. The van der Waals surface area contributed by atoms with Crippen LogP contribution in [-0.4, -0.2) is 90.5 Å². The van der Waals surface area contributed by atoms with Crippen LogP contribution in [0.5, 0.6) is 0 Å². The number of likely N-dealkylation sites (N-methyl/N-ethyl adjacent to an activating group) is 1. The fourth-order valence-corrected chi connectivity index (χ4v) is 8.83. The van der Waals surface area contributed by atoms with Crippen LogP contribution in [0.4, 0.5) is 5.82 Å². The van der Waals surface area contributed by atoms with Gasteiger partial charge in [0, 0.05) is 80.0 Å². The van der Waals surface area contributed by atoms with Gasteiger partial charge in [0.1, 0.15) is 17.8 Å².